The van der Waals surface area contributed by atoms with Crippen LogP contribution in [0, 0.1) is 5.82 Å². The van der Waals surface area contributed by atoms with Gasteiger partial charge in [-0.25, -0.2) is 12.8 Å². The number of nitrogens with one attached hydrogen (secondary N) is 2. The van der Waals surface area contributed by atoms with Crippen LogP contribution in [-0.2, 0) is 23.0 Å². The predicted octanol–water partition coefficient (Wildman–Crippen LogP) is 2.21. The Morgan fingerprint density at radius 1 is 1.17 bits per heavy atom. The van der Waals surface area contributed by atoms with Crippen LogP contribution < -0.4 is 10.0 Å². The minimum Gasteiger partial charge on any atom is -0.352 e. The van der Waals surface area contributed by atoms with Gasteiger partial charge in [0, 0.05) is 30.8 Å². The number of anilines is 1. The van der Waals surface area contributed by atoms with Crippen molar-refractivity contribution in [2.24, 2.45) is 0 Å². The van der Waals surface area contributed by atoms with Gasteiger partial charge in [0.15, 0.2) is 0 Å². The van der Waals surface area contributed by atoms with E-state index in [1.54, 1.807) is 6.33 Å². The number of aromatic nitrogens is 3. The smallest absolute Gasteiger partial charge is 0.261 e. The van der Waals surface area contributed by atoms with Gasteiger partial charge in [0.25, 0.3) is 15.9 Å². The van der Waals surface area contributed by atoms with E-state index < -0.39 is 21.7 Å². The van der Waals surface area contributed by atoms with Gasteiger partial charge in [-0.3, -0.25) is 9.52 Å². The Morgan fingerprint density at radius 2 is 1.93 bits per heavy atom. The third kappa shape index (κ3) is 5.17. The van der Waals surface area contributed by atoms with E-state index in [1.807, 2.05) is 11.5 Å². The zero-order valence-electron chi connectivity index (χ0n) is 15.7. The first-order chi connectivity index (χ1) is 13.9. The Labute approximate surface area is 167 Å². The average molecular weight is 417 g/mol. The first-order valence-electron chi connectivity index (χ1n) is 8.92. The van der Waals surface area contributed by atoms with Gasteiger partial charge >= 0.3 is 0 Å². The minimum atomic E-state index is -3.92. The number of carbonyl (C=O) groups excluding carboxylic acids is 1. The number of hydrogen-bond donors (Lipinski definition) is 2. The summed E-state index contributed by atoms with van der Waals surface area (Å²) >= 11 is 0. The molecule has 0 aliphatic carbocycles. The second kappa shape index (κ2) is 8.82. The van der Waals surface area contributed by atoms with Crippen LogP contribution in [-0.4, -0.2) is 35.6 Å². The van der Waals surface area contributed by atoms with Crippen molar-refractivity contribution in [1.82, 2.24) is 20.1 Å². The Kier molecular flexibility index (Phi) is 6.23. The Morgan fingerprint density at radius 3 is 2.66 bits per heavy atom. The van der Waals surface area contributed by atoms with Crippen molar-refractivity contribution >= 4 is 21.6 Å². The molecule has 2 aromatic carbocycles. The number of hydrogen-bond acceptors (Lipinski definition) is 5. The minimum absolute atomic E-state index is 0.0693. The van der Waals surface area contributed by atoms with Crippen molar-refractivity contribution < 1.29 is 17.6 Å². The van der Waals surface area contributed by atoms with E-state index in [1.165, 1.54) is 36.4 Å². The molecule has 152 valence electrons. The second-order valence-electron chi connectivity index (χ2n) is 6.18. The number of rotatable bonds is 8. The fourth-order valence-electron chi connectivity index (χ4n) is 2.66. The van der Waals surface area contributed by atoms with Gasteiger partial charge < -0.3 is 9.88 Å². The lowest BCUT2D eigenvalue weighted by atomic mass is 10.2. The molecule has 0 spiro atoms. The number of nitrogens with zero attached hydrogens (tertiary/aromatic N) is 3. The molecule has 8 nitrogen and oxygen atoms in total. The number of amides is 1. The molecule has 0 saturated heterocycles. The standard InChI is InChI=1S/C19H20FN5O3S/c1-2-25-13-22-23-18(25)10-11-21-19(26)14-4-3-5-17(12-14)29(27,28)24-16-8-6-15(20)7-9-16/h3-9,12-13,24H,2,10-11H2,1H3,(H,21,26). The summed E-state index contributed by atoms with van der Waals surface area (Å²) in [6.07, 6.45) is 2.13. The van der Waals surface area contributed by atoms with Gasteiger partial charge in [0.2, 0.25) is 0 Å². The van der Waals surface area contributed by atoms with Crippen molar-refractivity contribution in [2.45, 2.75) is 24.8 Å². The zero-order valence-corrected chi connectivity index (χ0v) is 16.5. The quantitative estimate of drug-likeness (QED) is 0.585. The Hall–Kier alpha value is -3.27. The highest BCUT2D eigenvalue weighted by atomic mass is 32.2. The molecule has 1 aromatic heterocycles. The number of halogens is 1. The van der Waals surface area contributed by atoms with Gasteiger partial charge in [-0.05, 0) is 49.4 Å². The molecule has 2 N–H and O–H groups in total. The van der Waals surface area contributed by atoms with Crippen LogP contribution in [0.25, 0.3) is 0 Å². The van der Waals surface area contributed by atoms with E-state index in [4.69, 9.17) is 0 Å². The van der Waals surface area contributed by atoms with Crippen LogP contribution >= 0.6 is 0 Å². The van der Waals surface area contributed by atoms with Crippen LogP contribution in [0.15, 0.2) is 59.8 Å². The molecule has 0 atom stereocenters. The normalized spacial score (nSPS) is 11.2. The highest BCUT2D eigenvalue weighted by molar-refractivity contribution is 7.92. The molecule has 0 aliphatic rings. The first kappa shape index (κ1) is 20.5. The SMILES string of the molecule is CCn1cnnc1CCNC(=O)c1cccc(S(=O)(=O)Nc2ccc(F)cc2)c1. The summed E-state index contributed by atoms with van der Waals surface area (Å²) in [5.74, 6) is -0.108. The maximum absolute atomic E-state index is 13.0. The molecular weight excluding hydrogens is 397 g/mol. The molecule has 0 aliphatic heterocycles. The maximum atomic E-state index is 13.0. The van der Waals surface area contributed by atoms with E-state index in [0.29, 0.717) is 13.0 Å². The van der Waals surface area contributed by atoms with Crippen molar-refractivity contribution in [3.8, 4) is 0 Å². The van der Waals surface area contributed by atoms with Crippen LogP contribution in [0.1, 0.15) is 23.1 Å². The fourth-order valence-corrected chi connectivity index (χ4v) is 3.77. The molecule has 3 aromatic rings. The summed E-state index contributed by atoms with van der Waals surface area (Å²) in [6, 6.07) is 10.6. The molecule has 10 heteroatoms. The zero-order chi connectivity index (χ0) is 20.9. The summed E-state index contributed by atoms with van der Waals surface area (Å²) in [7, 11) is -3.92. The monoisotopic (exact) mass is 417 g/mol. The summed E-state index contributed by atoms with van der Waals surface area (Å²) in [6.45, 7) is 3.04. The van der Waals surface area contributed by atoms with Gasteiger partial charge in [-0.15, -0.1) is 10.2 Å². The average Bonchev–Trinajstić information content (AvgIpc) is 3.17. The molecule has 3 rings (SSSR count). The molecule has 0 unspecified atom stereocenters. The van der Waals surface area contributed by atoms with Crippen molar-refractivity contribution in [3.63, 3.8) is 0 Å². The lowest BCUT2D eigenvalue weighted by Crippen LogP contribution is -2.26. The number of carbonyl (C=O) groups is 1. The summed E-state index contributed by atoms with van der Waals surface area (Å²) in [5, 5.41) is 10.6. The summed E-state index contributed by atoms with van der Waals surface area (Å²) < 4.78 is 42.3. The molecule has 1 amide bonds. The fraction of sp³-hybridized carbons (Fsp3) is 0.211. The molecule has 0 radical (unpaired) electrons. The van der Waals surface area contributed by atoms with E-state index in [-0.39, 0.29) is 16.1 Å². The van der Waals surface area contributed by atoms with Crippen LogP contribution in [0.5, 0.6) is 0 Å². The van der Waals surface area contributed by atoms with E-state index in [2.05, 4.69) is 20.2 Å². The van der Waals surface area contributed by atoms with Crippen molar-refractivity contribution in [2.75, 3.05) is 11.3 Å². The third-order valence-electron chi connectivity index (χ3n) is 4.17. The molecular formula is C19H20FN5O3S. The molecule has 0 bridgehead atoms. The van der Waals surface area contributed by atoms with Crippen LogP contribution in [0.4, 0.5) is 10.1 Å². The van der Waals surface area contributed by atoms with Crippen LogP contribution in [0.2, 0.25) is 0 Å². The van der Waals surface area contributed by atoms with Crippen molar-refractivity contribution in [3.05, 3.63) is 72.1 Å². The summed E-state index contributed by atoms with van der Waals surface area (Å²) in [4.78, 5) is 12.3. The van der Waals surface area contributed by atoms with E-state index >= 15 is 0 Å². The summed E-state index contributed by atoms with van der Waals surface area (Å²) in [5.41, 5.74) is 0.435. The number of benzene rings is 2. The van der Waals surface area contributed by atoms with Crippen molar-refractivity contribution in [1.29, 1.82) is 0 Å². The van der Waals surface area contributed by atoms with Gasteiger partial charge in [0.1, 0.15) is 18.0 Å². The largest absolute Gasteiger partial charge is 0.352 e. The molecule has 0 fully saturated rings. The number of aryl methyl sites for hydroxylation is 1. The van der Waals surface area contributed by atoms with E-state index in [9.17, 15) is 17.6 Å². The molecule has 29 heavy (non-hydrogen) atoms. The molecule has 0 saturated carbocycles. The maximum Gasteiger partial charge on any atom is 0.261 e. The first-order valence-corrected chi connectivity index (χ1v) is 10.4. The highest BCUT2D eigenvalue weighted by Crippen LogP contribution is 2.17. The molecule has 1 heterocycles. The second-order valence-corrected chi connectivity index (χ2v) is 7.86. The lowest BCUT2D eigenvalue weighted by Gasteiger charge is -2.10. The van der Waals surface area contributed by atoms with Gasteiger partial charge in [-0.1, -0.05) is 6.07 Å². The highest BCUT2D eigenvalue weighted by Gasteiger charge is 2.17. The van der Waals surface area contributed by atoms with Gasteiger partial charge in [0.05, 0.1) is 4.90 Å². The predicted molar refractivity (Wildman–Crippen MR) is 105 cm³/mol. The topological polar surface area (TPSA) is 106 Å². The number of sulfonamides is 1. The van der Waals surface area contributed by atoms with Crippen LogP contribution in [0.3, 0.4) is 0 Å². The Balaban J connectivity index is 1.66. The lowest BCUT2D eigenvalue weighted by molar-refractivity contribution is 0.0953. The van der Waals surface area contributed by atoms with E-state index in [0.717, 1.165) is 24.5 Å². The third-order valence-corrected chi connectivity index (χ3v) is 5.55. The van der Waals surface area contributed by atoms with Gasteiger partial charge in [-0.2, -0.15) is 0 Å². The Bertz CT molecular complexity index is 1100.